The molecule has 0 saturated heterocycles. The summed E-state index contributed by atoms with van der Waals surface area (Å²) in [4.78, 5) is 0. The number of halogens is 1. The van der Waals surface area contributed by atoms with Crippen LogP contribution in [-0.2, 0) is 11.2 Å². The van der Waals surface area contributed by atoms with Crippen molar-refractivity contribution in [2.45, 2.75) is 33.2 Å². The zero-order chi connectivity index (χ0) is 13.4. The normalized spacial score (nSPS) is 12.9. The summed E-state index contributed by atoms with van der Waals surface area (Å²) in [5, 5.41) is 4.28. The summed E-state index contributed by atoms with van der Waals surface area (Å²) in [7, 11) is 0. The van der Waals surface area contributed by atoms with E-state index in [0.29, 0.717) is 12.0 Å². The standard InChI is InChI=1S/C15H24ClNO/c1-4-18-11-14(10-17-12(2)3)8-13-6-5-7-15(16)9-13/h5-7,9,12,14,17H,4,8,10-11H2,1-3H3. The van der Waals surface area contributed by atoms with Gasteiger partial charge in [0.15, 0.2) is 0 Å². The number of hydrogen-bond donors (Lipinski definition) is 1. The number of ether oxygens (including phenoxy) is 1. The van der Waals surface area contributed by atoms with Crippen LogP contribution in [0.1, 0.15) is 26.3 Å². The first-order chi connectivity index (χ1) is 8.61. The summed E-state index contributed by atoms with van der Waals surface area (Å²) in [6.45, 7) is 8.90. The van der Waals surface area contributed by atoms with E-state index < -0.39 is 0 Å². The highest BCUT2D eigenvalue weighted by Crippen LogP contribution is 2.15. The Morgan fingerprint density at radius 3 is 2.72 bits per heavy atom. The van der Waals surface area contributed by atoms with Crippen molar-refractivity contribution in [2.75, 3.05) is 19.8 Å². The first-order valence-corrected chi connectivity index (χ1v) is 7.05. The molecule has 18 heavy (non-hydrogen) atoms. The fraction of sp³-hybridized carbons (Fsp3) is 0.600. The molecule has 1 rings (SSSR count). The van der Waals surface area contributed by atoms with Crippen LogP contribution in [0.2, 0.25) is 5.02 Å². The third kappa shape index (κ3) is 6.39. The summed E-state index contributed by atoms with van der Waals surface area (Å²) in [5.41, 5.74) is 1.28. The van der Waals surface area contributed by atoms with Crippen LogP contribution in [-0.4, -0.2) is 25.8 Å². The summed E-state index contributed by atoms with van der Waals surface area (Å²) in [6, 6.07) is 8.59. The lowest BCUT2D eigenvalue weighted by Gasteiger charge is -2.19. The Bertz CT molecular complexity index is 341. The van der Waals surface area contributed by atoms with Crippen LogP contribution < -0.4 is 5.32 Å². The van der Waals surface area contributed by atoms with Gasteiger partial charge >= 0.3 is 0 Å². The minimum Gasteiger partial charge on any atom is -0.381 e. The summed E-state index contributed by atoms with van der Waals surface area (Å²) in [5.74, 6) is 0.491. The van der Waals surface area contributed by atoms with Gasteiger partial charge in [-0.05, 0) is 37.0 Å². The molecular formula is C15H24ClNO. The van der Waals surface area contributed by atoms with Gasteiger partial charge in [-0.2, -0.15) is 0 Å². The quantitative estimate of drug-likeness (QED) is 0.780. The van der Waals surface area contributed by atoms with Gasteiger partial charge in [-0.3, -0.25) is 0 Å². The highest BCUT2D eigenvalue weighted by Gasteiger charge is 2.10. The Kier molecular flexibility index (Phi) is 7.33. The molecule has 1 atom stereocenters. The molecule has 1 N–H and O–H groups in total. The molecule has 0 radical (unpaired) electrons. The van der Waals surface area contributed by atoms with Crippen LogP contribution >= 0.6 is 11.6 Å². The molecule has 0 aliphatic carbocycles. The van der Waals surface area contributed by atoms with E-state index in [1.807, 2.05) is 25.1 Å². The lowest BCUT2D eigenvalue weighted by molar-refractivity contribution is 0.109. The molecule has 0 aromatic heterocycles. The molecule has 0 aliphatic heterocycles. The highest BCUT2D eigenvalue weighted by atomic mass is 35.5. The largest absolute Gasteiger partial charge is 0.381 e. The van der Waals surface area contributed by atoms with Gasteiger partial charge in [0.25, 0.3) is 0 Å². The van der Waals surface area contributed by atoms with Crippen LogP contribution in [0.5, 0.6) is 0 Å². The molecule has 102 valence electrons. The van der Waals surface area contributed by atoms with Crippen molar-refractivity contribution in [3.8, 4) is 0 Å². The maximum atomic E-state index is 6.01. The van der Waals surface area contributed by atoms with E-state index >= 15 is 0 Å². The lowest BCUT2D eigenvalue weighted by atomic mass is 10.00. The molecular weight excluding hydrogens is 246 g/mol. The van der Waals surface area contributed by atoms with E-state index in [9.17, 15) is 0 Å². The van der Waals surface area contributed by atoms with Gasteiger partial charge in [0.05, 0.1) is 6.61 Å². The monoisotopic (exact) mass is 269 g/mol. The average molecular weight is 270 g/mol. The molecule has 0 saturated carbocycles. The second-order valence-corrected chi connectivity index (χ2v) is 5.36. The Balaban J connectivity index is 2.53. The first kappa shape index (κ1) is 15.5. The van der Waals surface area contributed by atoms with Crippen molar-refractivity contribution in [3.05, 3.63) is 34.9 Å². The van der Waals surface area contributed by atoms with Crippen molar-refractivity contribution in [3.63, 3.8) is 0 Å². The van der Waals surface area contributed by atoms with Crippen LogP contribution in [0, 0.1) is 5.92 Å². The van der Waals surface area contributed by atoms with Gasteiger partial charge < -0.3 is 10.1 Å². The molecule has 0 heterocycles. The molecule has 0 bridgehead atoms. The summed E-state index contributed by atoms with van der Waals surface area (Å²) < 4.78 is 5.56. The first-order valence-electron chi connectivity index (χ1n) is 6.67. The second-order valence-electron chi connectivity index (χ2n) is 4.92. The molecule has 2 nitrogen and oxygen atoms in total. The van der Waals surface area contributed by atoms with E-state index in [2.05, 4.69) is 25.2 Å². The van der Waals surface area contributed by atoms with Crippen molar-refractivity contribution in [1.82, 2.24) is 5.32 Å². The fourth-order valence-corrected chi connectivity index (χ4v) is 2.09. The summed E-state index contributed by atoms with van der Waals surface area (Å²) >= 11 is 6.01. The van der Waals surface area contributed by atoms with Gasteiger partial charge in [0.1, 0.15) is 0 Å². The van der Waals surface area contributed by atoms with Gasteiger partial charge in [-0.1, -0.05) is 37.6 Å². The number of nitrogens with one attached hydrogen (secondary N) is 1. The minimum absolute atomic E-state index is 0.491. The molecule has 1 aromatic rings. The van der Waals surface area contributed by atoms with E-state index in [-0.39, 0.29) is 0 Å². The Hall–Kier alpha value is -0.570. The smallest absolute Gasteiger partial charge is 0.0509 e. The van der Waals surface area contributed by atoms with E-state index in [1.165, 1.54) is 5.56 Å². The van der Waals surface area contributed by atoms with Crippen molar-refractivity contribution in [2.24, 2.45) is 5.92 Å². The predicted octanol–water partition coefficient (Wildman–Crippen LogP) is 3.53. The molecule has 1 aromatic carbocycles. The van der Waals surface area contributed by atoms with E-state index in [4.69, 9.17) is 16.3 Å². The van der Waals surface area contributed by atoms with Gasteiger partial charge in [-0.15, -0.1) is 0 Å². The van der Waals surface area contributed by atoms with Crippen molar-refractivity contribution >= 4 is 11.6 Å². The third-order valence-corrected chi connectivity index (χ3v) is 3.02. The van der Waals surface area contributed by atoms with E-state index in [0.717, 1.165) is 31.2 Å². The molecule has 0 fully saturated rings. The maximum absolute atomic E-state index is 6.01. The van der Waals surface area contributed by atoms with Crippen LogP contribution in [0.15, 0.2) is 24.3 Å². The minimum atomic E-state index is 0.491. The van der Waals surface area contributed by atoms with Gasteiger partial charge in [-0.25, -0.2) is 0 Å². The third-order valence-electron chi connectivity index (χ3n) is 2.79. The SMILES string of the molecule is CCOCC(CNC(C)C)Cc1cccc(Cl)c1. The van der Waals surface area contributed by atoms with Gasteiger partial charge in [0, 0.05) is 24.2 Å². The Morgan fingerprint density at radius 1 is 1.33 bits per heavy atom. The number of benzene rings is 1. The Morgan fingerprint density at radius 2 is 2.11 bits per heavy atom. The van der Waals surface area contributed by atoms with Crippen molar-refractivity contribution < 1.29 is 4.74 Å². The number of rotatable bonds is 8. The topological polar surface area (TPSA) is 21.3 Å². The highest BCUT2D eigenvalue weighted by molar-refractivity contribution is 6.30. The molecule has 1 unspecified atom stereocenters. The Labute approximate surface area is 116 Å². The van der Waals surface area contributed by atoms with Gasteiger partial charge in [0.2, 0.25) is 0 Å². The van der Waals surface area contributed by atoms with Crippen molar-refractivity contribution in [1.29, 1.82) is 0 Å². The van der Waals surface area contributed by atoms with Crippen LogP contribution in [0.25, 0.3) is 0 Å². The predicted molar refractivity (Wildman–Crippen MR) is 78.3 cm³/mol. The zero-order valence-corrected chi connectivity index (χ0v) is 12.3. The maximum Gasteiger partial charge on any atom is 0.0509 e. The van der Waals surface area contributed by atoms with Crippen LogP contribution in [0.4, 0.5) is 0 Å². The summed E-state index contributed by atoms with van der Waals surface area (Å²) in [6.07, 6.45) is 1.00. The lowest BCUT2D eigenvalue weighted by Crippen LogP contribution is -2.32. The second kappa shape index (κ2) is 8.52. The molecule has 0 spiro atoms. The van der Waals surface area contributed by atoms with Crippen LogP contribution in [0.3, 0.4) is 0 Å². The van der Waals surface area contributed by atoms with E-state index in [1.54, 1.807) is 0 Å². The molecule has 3 heteroatoms. The molecule has 0 aliphatic rings. The zero-order valence-electron chi connectivity index (χ0n) is 11.6. The fourth-order valence-electron chi connectivity index (χ4n) is 1.87. The number of hydrogen-bond acceptors (Lipinski definition) is 2. The average Bonchev–Trinajstić information content (AvgIpc) is 2.32. The molecule has 0 amide bonds.